The van der Waals surface area contributed by atoms with Gasteiger partial charge in [0.2, 0.25) is 5.91 Å². The number of hydrogen-bond donors (Lipinski definition) is 0. The number of likely N-dealkylation sites (tertiary alicyclic amines) is 1. The van der Waals surface area contributed by atoms with Crippen LogP contribution in [0.3, 0.4) is 0 Å². The van der Waals surface area contributed by atoms with Gasteiger partial charge in [-0.3, -0.25) is 9.59 Å². The van der Waals surface area contributed by atoms with E-state index >= 15 is 0 Å². The monoisotopic (exact) mass is 393 g/mol. The third kappa shape index (κ3) is 3.68. The van der Waals surface area contributed by atoms with E-state index < -0.39 is 0 Å². The summed E-state index contributed by atoms with van der Waals surface area (Å²) >= 11 is 0. The van der Waals surface area contributed by atoms with Gasteiger partial charge in [0.15, 0.2) is 0 Å². The summed E-state index contributed by atoms with van der Waals surface area (Å²) in [6.07, 6.45) is 5.65. The average Bonchev–Trinajstić information content (AvgIpc) is 3.21. The second kappa shape index (κ2) is 7.65. The highest BCUT2D eigenvalue weighted by molar-refractivity contribution is 5.80. The van der Waals surface area contributed by atoms with Crippen LogP contribution in [0.4, 0.5) is 0 Å². The van der Waals surface area contributed by atoms with Crippen molar-refractivity contribution in [3.05, 3.63) is 57.5 Å². The second-order valence-electron chi connectivity index (χ2n) is 8.58. The van der Waals surface area contributed by atoms with Crippen molar-refractivity contribution < 1.29 is 9.53 Å². The van der Waals surface area contributed by atoms with Gasteiger partial charge in [0.1, 0.15) is 12.4 Å². The van der Waals surface area contributed by atoms with Crippen molar-refractivity contribution in [1.29, 1.82) is 0 Å². The number of carbonyl (C=O) groups is 1. The number of amides is 1. The predicted octanol–water partition coefficient (Wildman–Crippen LogP) is 2.22. The summed E-state index contributed by atoms with van der Waals surface area (Å²) in [6, 6.07) is 9.75. The molecule has 3 heterocycles. The molecule has 1 aromatic carbocycles. The van der Waals surface area contributed by atoms with Crippen LogP contribution in [-0.4, -0.2) is 40.3 Å². The molecule has 1 fully saturated rings. The minimum absolute atomic E-state index is 0.0159. The maximum Gasteiger partial charge on any atom is 0.267 e. The van der Waals surface area contributed by atoms with Gasteiger partial charge in [0.25, 0.3) is 5.56 Å². The van der Waals surface area contributed by atoms with Crippen LogP contribution in [-0.2, 0) is 30.6 Å². The van der Waals surface area contributed by atoms with Gasteiger partial charge in [-0.1, -0.05) is 18.2 Å². The van der Waals surface area contributed by atoms with Crippen LogP contribution in [0.25, 0.3) is 0 Å². The molecule has 2 aliphatic heterocycles. The maximum atomic E-state index is 13.0. The summed E-state index contributed by atoms with van der Waals surface area (Å²) < 4.78 is 7.46. The summed E-state index contributed by atoms with van der Waals surface area (Å²) in [6.45, 7) is 2.63. The lowest BCUT2D eigenvalue weighted by molar-refractivity contribution is -0.138. The molecule has 0 N–H and O–H groups in total. The van der Waals surface area contributed by atoms with E-state index in [9.17, 15) is 9.59 Å². The van der Waals surface area contributed by atoms with Crippen LogP contribution in [0.2, 0.25) is 0 Å². The van der Waals surface area contributed by atoms with Crippen molar-refractivity contribution >= 4 is 5.91 Å². The van der Waals surface area contributed by atoms with E-state index in [2.05, 4.69) is 5.10 Å². The SMILES string of the molecule is O=C(C1COc2ccccc2C1)N1CCC(Cn2nc3c(cc2=O)CCC3)CC1. The van der Waals surface area contributed by atoms with Gasteiger partial charge in [-0.2, -0.15) is 5.10 Å². The molecule has 0 saturated carbocycles. The topological polar surface area (TPSA) is 64.4 Å². The molecule has 29 heavy (non-hydrogen) atoms. The number of rotatable bonds is 3. The fourth-order valence-electron chi connectivity index (χ4n) is 4.90. The molecule has 1 amide bonds. The molecular weight excluding hydrogens is 366 g/mol. The molecule has 1 atom stereocenters. The van der Waals surface area contributed by atoms with Gasteiger partial charge in [-0.25, -0.2) is 4.68 Å². The number of benzene rings is 1. The van der Waals surface area contributed by atoms with Gasteiger partial charge in [-0.05, 0) is 61.6 Å². The molecule has 2 aromatic rings. The van der Waals surface area contributed by atoms with Crippen molar-refractivity contribution in [2.75, 3.05) is 19.7 Å². The zero-order chi connectivity index (χ0) is 19.8. The fraction of sp³-hybridized carbons (Fsp3) is 0.522. The Morgan fingerprint density at radius 2 is 1.97 bits per heavy atom. The lowest BCUT2D eigenvalue weighted by Gasteiger charge is -2.35. The molecule has 0 spiro atoms. The van der Waals surface area contributed by atoms with Crippen LogP contribution in [0.1, 0.15) is 36.1 Å². The Morgan fingerprint density at radius 3 is 2.83 bits per heavy atom. The van der Waals surface area contributed by atoms with E-state index in [-0.39, 0.29) is 17.4 Å². The van der Waals surface area contributed by atoms with Crippen LogP contribution in [0.15, 0.2) is 35.1 Å². The van der Waals surface area contributed by atoms with Crippen LogP contribution >= 0.6 is 0 Å². The molecule has 5 rings (SSSR count). The Kier molecular flexibility index (Phi) is 4.86. The summed E-state index contributed by atoms with van der Waals surface area (Å²) in [5.41, 5.74) is 3.36. The third-order valence-corrected chi connectivity index (χ3v) is 6.61. The largest absolute Gasteiger partial charge is 0.492 e. The summed E-state index contributed by atoms with van der Waals surface area (Å²) in [5, 5.41) is 4.60. The number of aryl methyl sites for hydroxylation is 2. The van der Waals surface area contributed by atoms with E-state index in [0.29, 0.717) is 19.1 Å². The highest BCUT2D eigenvalue weighted by atomic mass is 16.5. The number of aromatic nitrogens is 2. The van der Waals surface area contributed by atoms with Gasteiger partial charge in [-0.15, -0.1) is 0 Å². The van der Waals surface area contributed by atoms with E-state index in [0.717, 1.165) is 74.2 Å². The second-order valence-corrected chi connectivity index (χ2v) is 8.58. The molecule has 3 aliphatic rings. The lowest BCUT2D eigenvalue weighted by atomic mass is 9.92. The molecule has 6 heteroatoms. The minimum atomic E-state index is -0.0950. The molecule has 152 valence electrons. The summed E-state index contributed by atoms with van der Waals surface area (Å²) in [4.78, 5) is 27.3. The Hall–Kier alpha value is -2.63. The standard InChI is InChI=1S/C23H27N3O3/c27-22-13-17-5-3-6-20(17)24-26(22)14-16-8-10-25(11-9-16)23(28)19-12-18-4-1-2-7-21(18)29-15-19/h1-2,4,7,13,16,19H,3,5-6,8-12,14-15H2. The first-order valence-corrected chi connectivity index (χ1v) is 10.8. The van der Waals surface area contributed by atoms with Gasteiger partial charge < -0.3 is 9.64 Å². The van der Waals surface area contributed by atoms with Crippen molar-refractivity contribution in [2.45, 2.75) is 45.1 Å². The highest BCUT2D eigenvalue weighted by Crippen LogP contribution is 2.29. The number of ether oxygens (including phenoxy) is 1. The van der Waals surface area contributed by atoms with E-state index in [1.54, 1.807) is 10.7 Å². The Balaban J connectivity index is 1.18. The first kappa shape index (κ1) is 18.4. The minimum Gasteiger partial charge on any atom is -0.492 e. The first-order valence-electron chi connectivity index (χ1n) is 10.8. The fourth-order valence-corrected chi connectivity index (χ4v) is 4.90. The Morgan fingerprint density at radius 1 is 1.14 bits per heavy atom. The average molecular weight is 393 g/mol. The quantitative estimate of drug-likeness (QED) is 0.802. The number of piperidine rings is 1. The lowest BCUT2D eigenvalue weighted by Crippen LogP contribution is -2.45. The smallest absolute Gasteiger partial charge is 0.267 e. The molecule has 1 unspecified atom stereocenters. The van der Waals surface area contributed by atoms with E-state index in [1.807, 2.05) is 29.2 Å². The Labute approximate surface area is 170 Å². The summed E-state index contributed by atoms with van der Waals surface area (Å²) in [5.74, 6) is 1.41. The molecule has 1 saturated heterocycles. The summed E-state index contributed by atoms with van der Waals surface area (Å²) in [7, 11) is 0. The van der Waals surface area contributed by atoms with Crippen LogP contribution in [0.5, 0.6) is 5.75 Å². The zero-order valence-electron chi connectivity index (χ0n) is 16.7. The first-order chi connectivity index (χ1) is 14.2. The Bertz CT molecular complexity index is 976. The van der Waals surface area contributed by atoms with Gasteiger partial charge in [0.05, 0.1) is 11.6 Å². The number of fused-ring (bicyclic) bond motifs is 2. The zero-order valence-corrected chi connectivity index (χ0v) is 16.7. The molecule has 0 bridgehead atoms. The number of hydrogen-bond acceptors (Lipinski definition) is 4. The molecule has 1 aromatic heterocycles. The van der Waals surface area contributed by atoms with Gasteiger partial charge >= 0.3 is 0 Å². The van der Waals surface area contributed by atoms with Crippen LogP contribution in [0, 0.1) is 11.8 Å². The van der Waals surface area contributed by atoms with Crippen molar-refractivity contribution in [1.82, 2.24) is 14.7 Å². The van der Waals surface area contributed by atoms with Crippen LogP contribution < -0.4 is 10.3 Å². The number of nitrogens with zero attached hydrogens (tertiary/aromatic N) is 3. The molecule has 1 aliphatic carbocycles. The normalized spacial score (nSPS) is 21.4. The maximum absolute atomic E-state index is 13.0. The van der Waals surface area contributed by atoms with E-state index in [4.69, 9.17) is 4.74 Å². The van der Waals surface area contributed by atoms with E-state index in [1.165, 1.54) is 0 Å². The molecule has 6 nitrogen and oxygen atoms in total. The van der Waals surface area contributed by atoms with Crippen molar-refractivity contribution in [2.24, 2.45) is 11.8 Å². The molecule has 0 radical (unpaired) electrons. The molecular formula is C23H27N3O3. The van der Waals surface area contributed by atoms with Gasteiger partial charge in [0, 0.05) is 25.7 Å². The number of para-hydroxylation sites is 1. The predicted molar refractivity (Wildman–Crippen MR) is 109 cm³/mol. The van der Waals surface area contributed by atoms with Crippen molar-refractivity contribution in [3.63, 3.8) is 0 Å². The highest BCUT2D eigenvalue weighted by Gasteiger charge is 2.32. The third-order valence-electron chi connectivity index (χ3n) is 6.61. The number of carbonyl (C=O) groups excluding carboxylic acids is 1. The van der Waals surface area contributed by atoms with Crippen molar-refractivity contribution in [3.8, 4) is 5.75 Å².